The van der Waals surface area contributed by atoms with Crippen LogP contribution >= 0.6 is 23.1 Å². The molecule has 0 unspecified atom stereocenters. The molecule has 2 aromatic carbocycles. The smallest absolute Gasteiger partial charge is 0.268 e. The van der Waals surface area contributed by atoms with Crippen molar-refractivity contribution in [3.05, 3.63) is 94.0 Å². The number of fused-ring (bicyclic) bond motifs is 1. The second-order valence-electron chi connectivity index (χ2n) is 6.90. The third-order valence-corrected chi connectivity index (χ3v) is 6.66. The van der Waals surface area contributed by atoms with Crippen LogP contribution < -0.4 is 5.56 Å². The number of aromatic nitrogens is 4. The van der Waals surface area contributed by atoms with Crippen LogP contribution in [0.25, 0.3) is 27.2 Å². The predicted molar refractivity (Wildman–Crippen MR) is 124 cm³/mol. The molecule has 1 N–H and O–H groups in total. The highest BCUT2D eigenvalue weighted by Gasteiger charge is 2.15. The van der Waals surface area contributed by atoms with Crippen LogP contribution in [0.3, 0.4) is 0 Å². The lowest BCUT2D eigenvalue weighted by Gasteiger charge is -2.12. The Kier molecular flexibility index (Phi) is 4.98. The molecule has 0 bridgehead atoms. The molecule has 5 aromatic rings. The largest absolute Gasteiger partial charge is 0.309 e. The Labute approximate surface area is 181 Å². The number of imidazole rings is 1. The molecule has 3 heterocycles. The van der Waals surface area contributed by atoms with Gasteiger partial charge in [-0.25, -0.2) is 9.97 Å². The third kappa shape index (κ3) is 3.58. The van der Waals surface area contributed by atoms with Crippen LogP contribution in [-0.2, 0) is 5.75 Å². The van der Waals surface area contributed by atoms with Crippen molar-refractivity contribution in [1.82, 2.24) is 19.5 Å². The zero-order chi connectivity index (χ0) is 20.5. The van der Waals surface area contributed by atoms with E-state index in [-0.39, 0.29) is 5.56 Å². The number of hydrogen-bond donors (Lipinski definition) is 1. The molecule has 5 rings (SSSR count). The maximum atomic E-state index is 12.3. The number of nitrogens with one attached hydrogen (secondary N) is 1. The summed E-state index contributed by atoms with van der Waals surface area (Å²) in [6.07, 6.45) is 1.90. The van der Waals surface area contributed by atoms with Crippen molar-refractivity contribution < 1.29 is 0 Å². The van der Waals surface area contributed by atoms with Gasteiger partial charge in [0, 0.05) is 11.3 Å². The molecule has 3 aromatic heterocycles. The van der Waals surface area contributed by atoms with Gasteiger partial charge in [-0.3, -0.25) is 9.36 Å². The van der Waals surface area contributed by atoms with Crippen molar-refractivity contribution in [2.24, 2.45) is 0 Å². The highest BCUT2D eigenvalue weighted by Crippen LogP contribution is 2.31. The van der Waals surface area contributed by atoms with Gasteiger partial charge in [-0.15, -0.1) is 11.3 Å². The van der Waals surface area contributed by atoms with Gasteiger partial charge in [0.1, 0.15) is 10.5 Å². The van der Waals surface area contributed by atoms with Crippen LogP contribution in [-0.4, -0.2) is 19.5 Å². The molecular formula is C23H18N4OS2. The molecule has 5 nitrogen and oxygen atoms in total. The van der Waals surface area contributed by atoms with Gasteiger partial charge in [0.25, 0.3) is 5.56 Å². The first kappa shape index (κ1) is 18.8. The van der Waals surface area contributed by atoms with Crippen molar-refractivity contribution in [1.29, 1.82) is 0 Å². The normalized spacial score (nSPS) is 11.2. The molecule has 0 aliphatic heterocycles. The van der Waals surface area contributed by atoms with Gasteiger partial charge in [0.2, 0.25) is 0 Å². The van der Waals surface area contributed by atoms with Gasteiger partial charge in [-0.2, -0.15) is 0 Å². The van der Waals surface area contributed by atoms with Crippen LogP contribution in [0.4, 0.5) is 0 Å². The third-order valence-electron chi connectivity index (χ3n) is 4.79. The van der Waals surface area contributed by atoms with E-state index < -0.39 is 0 Å². The average Bonchev–Trinajstić information content (AvgIpc) is 3.41. The number of aromatic amines is 1. The van der Waals surface area contributed by atoms with Crippen molar-refractivity contribution in [2.45, 2.75) is 17.8 Å². The summed E-state index contributed by atoms with van der Waals surface area (Å²) in [5.41, 5.74) is 5.04. The standard InChI is InChI=1S/C23H18N4OS2/c1-15-7-9-17(10-8-15)27-19(16-5-3-2-4-6-16)13-24-23(27)30-14-20-25-18-11-12-29-21(18)22(28)26-20/h2-13H,14H2,1H3,(H,25,26,28). The summed E-state index contributed by atoms with van der Waals surface area (Å²) in [6, 6.07) is 20.5. The van der Waals surface area contributed by atoms with Crippen molar-refractivity contribution in [3.8, 4) is 16.9 Å². The number of hydrogen-bond acceptors (Lipinski definition) is 5. The van der Waals surface area contributed by atoms with E-state index in [1.54, 1.807) is 11.8 Å². The minimum Gasteiger partial charge on any atom is -0.309 e. The molecule has 148 valence electrons. The number of H-pyrrole nitrogens is 1. The van der Waals surface area contributed by atoms with Gasteiger partial charge >= 0.3 is 0 Å². The lowest BCUT2D eigenvalue weighted by molar-refractivity contribution is 0.896. The number of thiophene rings is 1. The zero-order valence-electron chi connectivity index (χ0n) is 16.2. The first-order chi connectivity index (χ1) is 14.7. The molecule has 0 aliphatic rings. The Morgan fingerprint density at radius 1 is 1.07 bits per heavy atom. The predicted octanol–water partition coefficient (Wildman–Crippen LogP) is 5.44. The quantitative estimate of drug-likeness (QED) is 0.377. The number of benzene rings is 2. The molecule has 0 saturated heterocycles. The van der Waals surface area contributed by atoms with E-state index in [2.05, 4.69) is 62.8 Å². The molecule has 30 heavy (non-hydrogen) atoms. The van der Waals surface area contributed by atoms with E-state index in [0.29, 0.717) is 16.3 Å². The molecule has 0 spiro atoms. The maximum Gasteiger partial charge on any atom is 0.268 e. The topological polar surface area (TPSA) is 63.6 Å². The number of nitrogens with zero attached hydrogens (tertiary/aromatic N) is 3. The van der Waals surface area contributed by atoms with Crippen molar-refractivity contribution in [2.75, 3.05) is 0 Å². The summed E-state index contributed by atoms with van der Waals surface area (Å²) in [5.74, 6) is 1.17. The maximum absolute atomic E-state index is 12.3. The summed E-state index contributed by atoms with van der Waals surface area (Å²) in [6.45, 7) is 2.08. The molecular weight excluding hydrogens is 412 g/mol. The Morgan fingerprint density at radius 2 is 1.87 bits per heavy atom. The summed E-state index contributed by atoms with van der Waals surface area (Å²) in [7, 11) is 0. The summed E-state index contributed by atoms with van der Waals surface area (Å²) < 4.78 is 2.82. The molecule has 0 radical (unpaired) electrons. The van der Waals surface area contributed by atoms with Crippen LogP contribution in [0.15, 0.2) is 82.2 Å². The monoisotopic (exact) mass is 430 g/mol. The molecule has 0 amide bonds. The van der Waals surface area contributed by atoms with Gasteiger partial charge in [-0.1, -0.05) is 59.8 Å². The molecule has 7 heteroatoms. The van der Waals surface area contributed by atoms with Crippen LogP contribution in [0.5, 0.6) is 0 Å². The minimum absolute atomic E-state index is 0.0857. The lowest BCUT2D eigenvalue weighted by Crippen LogP contribution is -2.09. The highest BCUT2D eigenvalue weighted by molar-refractivity contribution is 7.98. The fraction of sp³-hybridized carbons (Fsp3) is 0.0870. The second-order valence-corrected chi connectivity index (χ2v) is 8.76. The van der Waals surface area contributed by atoms with Gasteiger partial charge in [0.05, 0.1) is 23.2 Å². The number of thioether (sulfide) groups is 1. The van der Waals surface area contributed by atoms with Gasteiger partial charge in [0.15, 0.2) is 5.16 Å². The SMILES string of the molecule is Cc1ccc(-n2c(-c3ccccc3)cnc2SCc2nc3ccsc3c(=O)[nH]2)cc1. The average molecular weight is 431 g/mol. The Morgan fingerprint density at radius 3 is 2.67 bits per heavy atom. The van der Waals surface area contributed by atoms with Crippen LogP contribution in [0, 0.1) is 6.92 Å². The Hall–Kier alpha value is -3.16. The van der Waals surface area contributed by atoms with Crippen LogP contribution in [0.2, 0.25) is 0 Å². The van der Waals surface area contributed by atoms with Crippen molar-refractivity contribution >= 4 is 33.3 Å². The molecule has 0 saturated carbocycles. The van der Waals surface area contributed by atoms with E-state index in [4.69, 9.17) is 0 Å². The number of aryl methyl sites for hydroxylation is 1. The summed E-state index contributed by atoms with van der Waals surface area (Å²) in [5, 5.41) is 2.74. The highest BCUT2D eigenvalue weighted by atomic mass is 32.2. The van der Waals surface area contributed by atoms with E-state index >= 15 is 0 Å². The summed E-state index contributed by atoms with van der Waals surface area (Å²) >= 11 is 2.97. The lowest BCUT2D eigenvalue weighted by atomic mass is 10.1. The molecule has 0 fully saturated rings. The fourth-order valence-electron chi connectivity index (χ4n) is 3.32. The first-order valence-electron chi connectivity index (χ1n) is 9.48. The fourth-order valence-corrected chi connectivity index (χ4v) is 4.90. The second kappa shape index (κ2) is 7.93. The van der Waals surface area contributed by atoms with Gasteiger partial charge < -0.3 is 4.98 Å². The Bertz CT molecular complexity index is 1370. The van der Waals surface area contributed by atoms with E-state index in [1.165, 1.54) is 16.9 Å². The minimum atomic E-state index is -0.0857. The van der Waals surface area contributed by atoms with E-state index in [0.717, 1.165) is 27.6 Å². The van der Waals surface area contributed by atoms with Crippen molar-refractivity contribution in [3.63, 3.8) is 0 Å². The first-order valence-corrected chi connectivity index (χ1v) is 11.3. The van der Waals surface area contributed by atoms with Crippen LogP contribution in [0.1, 0.15) is 11.4 Å². The molecule has 0 aliphatic carbocycles. The number of rotatable bonds is 5. The van der Waals surface area contributed by atoms with E-state index in [1.807, 2.05) is 35.8 Å². The Balaban J connectivity index is 1.53. The van der Waals surface area contributed by atoms with E-state index in [9.17, 15) is 4.79 Å². The zero-order valence-corrected chi connectivity index (χ0v) is 17.8. The van der Waals surface area contributed by atoms with Gasteiger partial charge in [-0.05, 0) is 30.5 Å². The molecule has 0 atom stereocenters. The summed E-state index contributed by atoms with van der Waals surface area (Å²) in [4.78, 5) is 24.4.